The van der Waals surface area contributed by atoms with Gasteiger partial charge in [0.1, 0.15) is 18.1 Å². The molecule has 1 N–H and O–H groups in total. The van der Waals surface area contributed by atoms with Gasteiger partial charge in [0.25, 0.3) is 5.91 Å². The van der Waals surface area contributed by atoms with E-state index in [-0.39, 0.29) is 18.3 Å². The second kappa shape index (κ2) is 9.26. The molecule has 0 atom stereocenters. The highest BCUT2D eigenvalue weighted by atomic mass is 35.5. The zero-order chi connectivity index (χ0) is 20.8. The van der Waals surface area contributed by atoms with E-state index in [1.165, 1.54) is 6.92 Å². The highest BCUT2D eigenvalue weighted by Crippen LogP contribution is 2.24. The van der Waals surface area contributed by atoms with Gasteiger partial charge in [-0.2, -0.15) is 0 Å². The predicted octanol–water partition coefficient (Wildman–Crippen LogP) is 5.38. The molecule has 0 aliphatic rings. The van der Waals surface area contributed by atoms with Gasteiger partial charge in [-0.1, -0.05) is 29.8 Å². The van der Waals surface area contributed by atoms with Crippen LogP contribution >= 0.6 is 11.6 Å². The number of amides is 1. The summed E-state index contributed by atoms with van der Waals surface area (Å²) < 4.78 is 11.2. The number of hydrogen-bond donors (Lipinski definition) is 1. The molecule has 0 radical (unpaired) electrons. The number of ether oxygens (including phenoxy) is 2. The summed E-state index contributed by atoms with van der Waals surface area (Å²) >= 11 is 5.98. The van der Waals surface area contributed by atoms with Crippen molar-refractivity contribution in [2.24, 2.45) is 0 Å². The summed E-state index contributed by atoms with van der Waals surface area (Å²) in [4.78, 5) is 24.2. The lowest BCUT2D eigenvalue weighted by Gasteiger charge is -2.13. The molecule has 0 saturated carbocycles. The average Bonchev–Trinajstić information content (AvgIpc) is 2.72. The molecule has 0 saturated heterocycles. The highest BCUT2D eigenvalue weighted by molar-refractivity contribution is 6.30. The van der Waals surface area contributed by atoms with E-state index in [2.05, 4.69) is 5.32 Å². The quantitative estimate of drug-likeness (QED) is 0.532. The van der Waals surface area contributed by atoms with E-state index in [0.29, 0.717) is 33.3 Å². The summed E-state index contributed by atoms with van der Waals surface area (Å²) in [6.45, 7) is 1.70. The van der Waals surface area contributed by atoms with Gasteiger partial charge in [0.15, 0.2) is 5.78 Å². The first-order chi connectivity index (χ1) is 14.0. The fourth-order valence-electron chi connectivity index (χ4n) is 2.77. The number of anilines is 1. The Morgan fingerprint density at radius 3 is 2.48 bits per heavy atom. The maximum Gasteiger partial charge on any atom is 0.255 e. The molecule has 0 heterocycles. The van der Waals surface area contributed by atoms with Crippen LogP contribution < -0.4 is 14.8 Å². The largest absolute Gasteiger partial charge is 0.496 e. The number of nitrogens with one attached hydrogen (secondary N) is 1. The normalized spacial score (nSPS) is 10.3. The number of ketones is 1. The van der Waals surface area contributed by atoms with Gasteiger partial charge in [-0.15, -0.1) is 0 Å². The minimum Gasteiger partial charge on any atom is -0.496 e. The molecule has 148 valence electrons. The molecule has 6 heteroatoms. The van der Waals surface area contributed by atoms with Crippen LogP contribution in [0.4, 0.5) is 5.69 Å². The first-order valence-electron chi connectivity index (χ1n) is 8.94. The molecule has 1 amide bonds. The molecular formula is C23H20ClNO4. The monoisotopic (exact) mass is 409 g/mol. The molecule has 0 aliphatic heterocycles. The Morgan fingerprint density at radius 1 is 0.966 bits per heavy atom. The summed E-state index contributed by atoms with van der Waals surface area (Å²) in [5.41, 5.74) is 2.25. The number of benzene rings is 3. The Labute approximate surface area is 174 Å². The molecule has 5 nitrogen and oxygen atoms in total. The maximum absolute atomic E-state index is 12.7. The topological polar surface area (TPSA) is 64.6 Å². The summed E-state index contributed by atoms with van der Waals surface area (Å²) in [5, 5.41) is 3.39. The van der Waals surface area contributed by atoms with Crippen LogP contribution in [0.15, 0.2) is 66.7 Å². The number of carbonyl (C=O) groups excluding carboxylic acids is 2. The second-order valence-electron chi connectivity index (χ2n) is 6.36. The van der Waals surface area contributed by atoms with Gasteiger partial charge in [-0.25, -0.2) is 0 Å². The number of hydrogen-bond acceptors (Lipinski definition) is 4. The molecule has 29 heavy (non-hydrogen) atoms. The third-order valence-corrected chi connectivity index (χ3v) is 4.50. The number of rotatable bonds is 7. The second-order valence-corrected chi connectivity index (χ2v) is 6.80. The van der Waals surface area contributed by atoms with Gasteiger partial charge in [-0.3, -0.25) is 9.59 Å². The number of carbonyl (C=O) groups is 2. The van der Waals surface area contributed by atoms with Crippen molar-refractivity contribution < 1.29 is 19.1 Å². The minimum atomic E-state index is -0.294. The number of methoxy groups -OCH3 is 1. The van der Waals surface area contributed by atoms with E-state index in [4.69, 9.17) is 21.1 Å². The van der Waals surface area contributed by atoms with Crippen LogP contribution in [0.3, 0.4) is 0 Å². The third-order valence-electron chi connectivity index (χ3n) is 4.26. The summed E-state index contributed by atoms with van der Waals surface area (Å²) in [6.07, 6.45) is 0. The Balaban J connectivity index is 1.77. The van der Waals surface area contributed by atoms with Gasteiger partial charge in [0, 0.05) is 27.4 Å². The van der Waals surface area contributed by atoms with Crippen molar-refractivity contribution in [3.63, 3.8) is 0 Å². The Hall–Kier alpha value is -3.31. The Kier molecular flexibility index (Phi) is 6.52. The van der Waals surface area contributed by atoms with Crippen molar-refractivity contribution in [1.82, 2.24) is 0 Å². The third kappa shape index (κ3) is 5.36. The van der Waals surface area contributed by atoms with Crippen molar-refractivity contribution in [2.75, 3.05) is 12.4 Å². The lowest BCUT2D eigenvalue weighted by atomic mass is 10.1. The molecule has 0 aromatic heterocycles. The van der Waals surface area contributed by atoms with Gasteiger partial charge in [0.05, 0.1) is 7.11 Å². The van der Waals surface area contributed by atoms with Crippen molar-refractivity contribution in [2.45, 2.75) is 13.5 Å². The average molecular weight is 410 g/mol. The summed E-state index contributed by atoms with van der Waals surface area (Å²) in [7, 11) is 1.56. The zero-order valence-electron chi connectivity index (χ0n) is 16.1. The molecule has 0 unspecified atom stereocenters. The van der Waals surface area contributed by atoms with Gasteiger partial charge in [0.2, 0.25) is 0 Å². The molecule has 3 rings (SSSR count). The SMILES string of the molecule is COc1ccc(C(=O)Nc2cccc(C(C)=O)c2)cc1COc1cccc(Cl)c1. The summed E-state index contributed by atoms with van der Waals surface area (Å²) in [6, 6.07) is 19.0. The summed E-state index contributed by atoms with van der Waals surface area (Å²) in [5.74, 6) is 0.876. The van der Waals surface area contributed by atoms with Crippen LogP contribution in [0.25, 0.3) is 0 Å². The molecule has 3 aromatic carbocycles. The van der Waals surface area contributed by atoms with Crippen LogP contribution in [0.1, 0.15) is 33.2 Å². The van der Waals surface area contributed by atoms with E-state index < -0.39 is 0 Å². The smallest absolute Gasteiger partial charge is 0.255 e. The van der Waals surface area contributed by atoms with E-state index in [9.17, 15) is 9.59 Å². The van der Waals surface area contributed by atoms with Crippen molar-refractivity contribution in [3.8, 4) is 11.5 Å². The van der Waals surface area contributed by atoms with E-state index in [0.717, 1.165) is 5.56 Å². The van der Waals surface area contributed by atoms with Crippen molar-refractivity contribution in [1.29, 1.82) is 0 Å². The number of Topliss-reactive ketones (excluding diaryl/α,β-unsaturated/α-hetero) is 1. The maximum atomic E-state index is 12.7. The Bertz CT molecular complexity index is 1050. The van der Waals surface area contributed by atoms with E-state index in [1.807, 2.05) is 0 Å². The van der Waals surface area contributed by atoms with E-state index >= 15 is 0 Å². The standard InChI is InChI=1S/C23H20ClNO4/c1-15(26)16-5-3-7-20(12-16)25-23(27)17-9-10-22(28-2)18(11-17)14-29-21-8-4-6-19(24)13-21/h3-13H,14H2,1-2H3,(H,25,27). The van der Waals surface area contributed by atoms with Crippen molar-refractivity contribution in [3.05, 3.63) is 88.4 Å². The molecular weight excluding hydrogens is 390 g/mol. The molecule has 3 aromatic rings. The van der Waals surface area contributed by atoms with Crippen molar-refractivity contribution >= 4 is 29.0 Å². The molecule has 0 aliphatic carbocycles. The van der Waals surface area contributed by atoms with Gasteiger partial charge < -0.3 is 14.8 Å². The predicted molar refractivity (Wildman–Crippen MR) is 113 cm³/mol. The minimum absolute atomic E-state index is 0.0639. The Morgan fingerprint density at radius 2 is 1.76 bits per heavy atom. The van der Waals surface area contributed by atoms with Gasteiger partial charge >= 0.3 is 0 Å². The molecule has 0 spiro atoms. The number of halogens is 1. The van der Waals surface area contributed by atoms with Crippen LogP contribution in [0, 0.1) is 0 Å². The first-order valence-corrected chi connectivity index (χ1v) is 9.31. The fraction of sp³-hybridized carbons (Fsp3) is 0.130. The first kappa shape index (κ1) is 20.4. The lowest BCUT2D eigenvalue weighted by Crippen LogP contribution is -2.13. The zero-order valence-corrected chi connectivity index (χ0v) is 16.8. The highest BCUT2D eigenvalue weighted by Gasteiger charge is 2.12. The van der Waals surface area contributed by atoms with Crippen LogP contribution in [-0.2, 0) is 6.61 Å². The van der Waals surface area contributed by atoms with E-state index in [1.54, 1.807) is 73.8 Å². The van der Waals surface area contributed by atoms with Crippen LogP contribution in [0.2, 0.25) is 5.02 Å². The van der Waals surface area contributed by atoms with Crippen LogP contribution in [0.5, 0.6) is 11.5 Å². The van der Waals surface area contributed by atoms with Crippen LogP contribution in [-0.4, -0.2) is 18.8 Å². The lowest BCUT2D eigenvalue weighted by molar-refractivity contribution is 0.101. The molecule has 0 bridgehead atoms. The van der Waals surface area contributed by atoms with Gasteiger partial charge in [-0.05, 0) is 55.5 Å². The molecule has 0 fully saturated rings. The fourth-order valence-corrected chi connectivity index (χ4v) is 2.95.